The molecule has 0 bridgehead atoms. The average molecular weight is 279 g/mol. The van der Waals surface area contributed by atoms with E-state index in [1.54, 1.807) is 0 Å². The predicted molar refractivity (Wildman–Crippen MR) is 80.4 cm³/mol. The van der Waals surface area contributed by atoms with Crippen LogP contribution in [0.1, 0.15) is 40.0 Å². The van der Waals surface area contributed by atoms with Crippen molar-refractivity contribution in [1.82, 2.24) is 15.0 Å². The van der Waals surface area contributed by atoms with Gasteiger partial charge in [-0.25, -0.2) is 0 Å². The quantitative estimate of drug-likeness (QED) is 0.788. The van der Waals surface area contributed by atoms with Crippen LogP contribution in [0.25, 0.3) is 0 Å². The van der Waals surface area contributed by atoms with E-state index in [4.69, 9.17) is 4.74 Å². The molecule has 1 heterocycles. The highest BCUT2D eigenvalue weighted by molar-refractivity contribution is 5.40. The molecule has 0 unspecified atom stereocenters. The Hall–Kier alpha value is -1.59. The molecule has 0 spiro atoms. The van der Waals surface area contributed by atoms with Gasteiger partial charge in [-0.15, -0.1) is 0 Å². The lowest BCUT2D eigenvalue weighted by molar-refractivity contribution is 0.291. The zero-order chi connectivity index (χ0) is 14.5. The van der Waals surface area contributed by atoms with E-state index in [-0.39, 0.29) is 0 Å². The van der Waals surface area contributed by atoms with Gasteiger partial charge in [-0.2, -0.15) is 15.0 Å². The lowest BCUT2D eigenvalue weighted by atomic mass is 10.2. The summed E-state index contributed by atoms with van der Waals surface area (Å²) in [6.45, 7) is 8.08. The third kappa shape index (κ3) is 3.95. The fraction of sp³-hybridized carbons (Fsp3) is 0.786. The number of nitrogens with zero attached hydrogens (tertiary/aromatic N) is 4. The number of hydrogen-bond donors (Lipinski definition) is 1. The molecule has 0 aliphatic heterocycles. The molecule has 0 atom stereocenters. The fourth-order valence-corrected chi connectivity index (χ4v) is 2.02. The van der Waals surface area contributed by atoms with Crippen LogP contribution >= 0.6 is 0 Å². The van der Waals surface area contributed by atoms with E-state index in [1.807, 2.05) is 7.05 Å². The molecule has 0 saturated heterocycles. The monoisotopic (exact) mass is 279 g/mol. The highest BCUT2D eigenvalue weighted by Gasteiger charge is 2.31. The van der Waals surface area contributed by atoms with Crippen LogP contribution < -0.4 is 15.0 Å². The normalized spacial score (nSPS) is 14.4. The Balaban J connectivity index is 2.22. The minimum absolute atomic E-state index is 0.413. The van der Waals surface area contributed by atoms with Crippen molar-refractivity contribution in [2.45, 2.75) is 46.1 Å². The smallest absolute Gasteiger partial charge is 0.323 e. The van der Waals surface area contributed by atoms with E-state index in [0.717, 1.165) is 18.9 Å². The molecule has 1 aromatic heterocycles. The zero-order valence-electron chi connectivity index (χ0n) is 12.9. The van der Waals surface area contributed by atoms with Crippen molar-refractivity contribution < 1.29 is 4.74 Å². The largest absolute Gasteiger partial charge is 0.463 e. The number of rotatable bonds is 8. The van der Waals surface area contributed by atoms with Crippen LogP contribution in [0.2, 0.25) is 0 Å². The van der Waals surface area contributed by atoms with E-state index in [1.165, 1.54) is 12.8 Å². The molecule has 0 amide bonds. The Bertz CT molecular complexity index is 434. The van der Waals surface area contributed by atoms with Crippen LogP contribution in [0.4, 0.5) is 11.9 Å². The van der Waals surface area contributed by atoms with Gasteiger partial charge in [-0.05, 0) is 25.2 Å². The molecule has 1 fully saturated rings. The van der Waals surface area contributed by atoms with E-state index in [0.29, 0.717) is 30.5 Å². The molecule has 1 N–H and O–H groups in total. The third-order valence-electron chi connectivity index (χ3n) is 3.07. The lowest BCUT2D eigenvalue weighted by Gasteiger charge is -2.24. The maximum absolute atomic E-state index is 5.56. The van der Waals surface area contributed by atoms with Crippen molar-refractivity contribution in [3.8, 4) is 6.01 Å². The number of aromatic nitrogens is 3. The summed E-state index contributed by atoms with van der Waals surface area (Å²) in [6.07, 6.45) is 3.38. The van der Waals surface area contributed by atoms with Gasteiger partial charge < -0.3 is 15.0 Å². The molecule has 0 aromatic carbocycles. The second-order valence-electron chi connectivity index (χ2n) is 5.62. The molecule has 6 nitrogen and oxygen atoms in total. The number of nitrogens with one attached hydrogen (secondary N) is 1. The maximum Gasteiger partial charge on any atom is 0.323 e. The zero-order valence-corrected chi connectivity index (χ0v) is 12.9. The molecule has 1 aliphatic rings. The van der Waals surface area contributed by atoms with Crippen LogP contribution in [0.3, 0.4) is 0 Å². The Morgan fingerprint density at radius 3 is 2.60 bits per heavy atom. The van der Waals surface area contributed by atoms with Gasteiger partial charge in [0.2, 0.25) is 11.9 Å². The molecular formula is C14H25N5O. The summed E-state index contributed by atoms with van der Waals surface area (Å²) in [5, 5.41) is 2.98. The maximum atomic E-state index is 5.56. The predicted octanol–water partition coefficient (Wildman–Crippen LogP) is 2.33. The summed E-state index contributed by atoms with van der Waals surface area (Å²) in [7, 11) is 1.81. The molecule has 2 rings (SSSR count). The number of anilines is 2. The molecule has 1 aliphatic carbocycles. The van der Waals surface area contributed by atoms with Crippen molar-refractivity contribution in [2.75, 3.05) is 30.4 Å². The summed E-state index contributed by atoms with van der Waals surface area (Å²) in [4.78, 5) is 15.5. The third-order valence-corrected chi connectivity index (χ3v) is 3.07. The number of ether oxygens (including phenoxy) is 1. The van der Waals surface area contributed by atoms with E-state index in [2.05, 4.69) is 45.9 Å². The first-order valence-electron chi connectivity index (χ1n) is 7.47. The first-order valence-corrected chi connectivity index (χ1v) is 7.47. The Labute approximate surface area is 121 Å². The Kier molecular flexibility index (Phi) is 4.98. The minimum Gasteiger partial charge on any atom is -0.463 e. The molecule has 112 valence electrons. The Morgan fingerprint density at radius 1 is 1.30 bits per heavy atom. The second-order valence-corrected chi connectivity index (χ2v) is 5.62. The molecule has 0 radical (unpaired) electrons. The highest BCUT2D eigenvalue weighted by atomic mass is 16.5. The van der Waals surface area contributed by atoms with Crippen LogP contribution in [-0.2, 0) is 0 Å². The van der Waals surface area contributed by atoms with Gasteiger partial charge in [0.1, 0.15) is 0 Å². The van der Waals surface area contributed by atoms with Crippen molar-refractivity contribution in [3.05, 3.63) is 0 Å². The fourth-order valence-electron chi connectivity index (χ4n) is 2.02. The molecule has 1 aromatic rings. The second kappa shape index (κ2) is 6.72. The summed E-state index contributed by atoms with van der Waals surface area (Å²) in [6, 6.07) is 0.985. The van der Waals surface area contributed by atoms with Gasteiger partial charge in [-0.1, -0.05) is 20.8 Å². The first kappa shape index (κ1) is 14.8. The minimum atomic E-state index is 0.413. The van der Waals surface area contributed by atoms with Gasteiger partial charge in [0.25, 0.3) is 0 Å². The summed E-state index contributed by atoms with van der Waals surface area (Å²) >= 11 is 0. The highest BCUT2D eigenvalue weighted by Crippen LogP contribution is 2.31. The van der Waals surface area contributed by atoms with Crippen molar-refractivity contribution in [2.24, 2.45) is 5.92 Å². The first-order chi connectivity index (χ1) is 9.63. The summed E-state index contributed by atoms with van der Waals surface area (Å²) in [5.74, 6) is 1.87. The topological polar surface area (TPSA) is 63.2 Å². The SMILES string of the molecule is CCCOc1nc(NC)nc(N(CC(C)C)C2CC2)n1. The van der Waals surface area contributed by atoms with Crippen molar-refractivity contribution in [3.63, 3.8) is 0 Å². The summed E-state index contributed by atoms with van der Waals surface area (Å²) in [5.41, 5.74) is 0. The van der Waals surface area contributed by atoms with Gasteiger partial charge in [-0.3, -0.25) is 0 Å². The van der Waals surface area contributed by atoms with Gasteiger partial charge >= 0.3 is 6.01 Å². The van der Waals surface area contributed by atoms with Crippen molar-refractivity contribution >= 4 is 11.9 Å². The molecular weight excluding hydrogens is 254 g/mol. The molecule has 20 heavy (non-hydrogen) atoms. The van der Waals surface area contributed by atoms with Gasteiger partial charge in [0.15, 0.2) is 0 Å². The standard InChI is InChI=1S/C14H25N5O/c1-5-8-20-14-17-12(15-4)16-13(18-14)19(9-10(2)3)11-6-7-11/h10-11H,5-9H2,1-4H3,(H,15,16,17,18). The van der Waals surface area contributed by atoms with E-state index >= 15 is 0 Å². The Morgan fingerprint density at radius 2 is 2.05 bits per heavy atom. The van der Waals surface area contributed by atoms with E-state index < -0.39 is 0 Å². The lowest BCUT2D eigenvalue weighted by Crippen LogP contribution is -2.32. The van der Waals surface area contributed by atoms with E-state index in [9.17, 15) is 0 Å². The van der Waals surface area contributed by atoms with Crippen LogP contribution in [0, 0.1) is 5.92 Å². The van der Waals surface area contributed by atoms with Crippen LogP contribution in [0.5, 0.6) is 6.01 Å². The molecule has 1 saturated carbocycles. The van der Waals surface area contributed by atoms with Crippen molar-refractivity contribution in [1.29, 1.82) is 0 Å². The van der Waals surface area contributed by atoms with Crippen LogP contribution in [-0.4, -0.2) is 41.2 Å². The van der Waals surface area contributed by atoms with Crippen LogP contribution in [0.15, 0.2) is 0 Å². The number of hydrogen-bond acceptors (Lipinski definition) is 6. The van der Waals surface area contributed by atoms with Gasteiger partial charge in [0, 0.05) is 19.6 Å². The van der Waals surface area contributed by atoms with Gasteiger partial charge in [0.05, 0.1) is 6.61 Å². The summed E-state index contributed by atoms with van der Waals surface area (Å²) < 4.78 is 5.56. The average Bonchev–Trinajstić information content (AvgIpc) is 3.26. The molecule has 6 heteroatoms.